The lowest BCUT2D eigenvalue weighted by Gasteiger charge is -2.30. The Morgan fingerprint density at radius 3 is 2.50 bits per heavy atom. The number of aliphatic hydroxyl groups excluding tert-OH is 1. The number of nitrogens with one attached hydrogen (secondary N) is 1. The lowest BCUT2D eigenvalue weighted by atomic mass is 9.84. The summed E-state index contributed by atoms with van der Waals surface area (Å²) in [5.74, 6) is -1.20. The number of ether oxygens (including phenoxy) is 2. The third-order valence-corrected chi connectivity index (χ3v) is 6.88. The molecule has 1 heterocycles. The van der Waals surface area contributed by atoms with E-state index in [1.807, 2.05) is 24.3 Å². The molecule has 1 aliphatic heterocycles. The second kappa shape index (κ2) is 12.3. The van der Waals surface area contributed by atoms with Crippen molar-refractivity contribution in [3.8, 4) is 5.75 Å². The Hall–Kier alpha value is -3.56. The Kier molecular flexibility index (Phi) is 8.91. The molecule has 0 radical (unpaired) electrons. The minimum absolute atomic E-state index is 0.0379. The predicted molar refractivity (Wildman–Crippen MR) is 144 cm³/mol. The molecule has 9 heteroatoms. The van der Waals surface area contributed by atoms with Crippen molar-refractivity contribution in [2.45, 2.75) is 31.0 Å². The van der Waals surface area contributed by atoms with Crippen molar-refractivity contribution in [3.63, 3.8) is 0 Å². The van der Waals surface area contributed by atoms with E-state index in [1.54, 1.807) is 30.3 Å². The second-order valence-electron chi connectivity index (χ2n) is 8.69. The molecule has 0 aliphatic carbocycles. The summed E-state index contributed by atoms with van der Waals surface area (Å²) in [6.07, 6.45) is 1.34. The Balaban J connectivity index is 1.70. The largest absolute Gasteiger partial charge is 0.494 e. The van der Waals surface area contributed by atoms with Gasteiger partial charge in [-0.15, -0.1) is 6.58 Å². The molecule has 38 heavy (non-hydrogen) atoms. The summed E-state index contributed by atoms with van der Waals surface area (Å²) in [5.41, 5.74) is -0.425. The summed E-state index contributed by atoms with van der Waals surface area (Å²) < 4.78 is 41.1. The van der Waals surface area contributed by atoms with Crippen molar-refractivity contribution in [3.05, 3.63) is 112 Å². The van der Waals surface area contributed by atoms with Crippen molar-refractivity contribution in [1.82, 2.24) is 5.32 Å². The van der Waals surface area contributed by atoms with Crippen LogP contribution in [0.5, 0.6) is 5.75 Å². The lowest BCUT2D eigenvalue weighted by molar-refractivity contribution is -0.129. The van der Waals surface area contributed by atoms with Gasteiger partial charge in [-0.25, -0.2) is 13.8 Å². The molecule has 1 aliphatic rings. The first kappa shape index (κ1) is 27.5. The van der Waals surface area contributed by atoms with Crippen molar-refractivity contribution in [2.75, 3.05) is 13.2 Å². The monoisotopic (exact) mass is 584 g/mol. The van der Waals surface area contributed by atoms with E-state index in [4.69, 9.17) is 19.6 Å². The molecule has 1 amide bonds. The van der Waals surface area contributed by atoms with Gasteiger partial charge in [-0.1, -0.05) is 46.3 Å². The van der Waals surface area contributed by atoms with Crippen LogP contribution < -0.4 is 10.1 Å². The summed E-state index contributed by atoms with van der Waals surface area (Å²) in [4.78, 5) is 18.5. The molecule has 3 aromatic rings. The van der Waals surface area contributed by atoms with Crippen molar-refractivity contribution >= 4 is 27.7 Å². The van der Waals surface area contributed by atoms with Crippen LogP contribution in [-0.2, 0) is 16.1 Å². The zero-order valence-corrected chi connectivity index (χ0v) is 22.1. The lowest BCUT2D eigenvalue weighted by Crippen LogP contribution is -2.48. The number of aliphatic imine (C=N–C) groups is 1. The van der Waals surface area contributed by atoms with E-state index in [9.17, 15) is 13.6 Å². The second-order valence-corrected chi connectivity index (χ2v) is 9.54. The maximum atomic E-state index is 14.2. The third-order valence-electron chi connectivity index (χ3n) is 6.16. The van der Waals surface area contributed by atoms with Gasteiger partial charge in [0.1, 0.15) is 17.4 Å². The summed E-state index contributed by atoms with van der Waals surface area (Å²) in [6.45, 7) is 3.88. The number of hydrogen-bond acceptors (Lipinski definition) is 5. The van der Waals surface area contributed by atoms with E-state index in [0.29, 0.717) is 29.9 Å². The molecule has 6 nitrogen and oxygen atoms in total. The summed E-state index contributed by atoms with van der Waals surface area (Å²) in [6, 6.07) is 17.9. The van der Waals surface area contributed by atoms with Gasteiger partial charge in [0, 0.05) is 47.2 Å². The highest BCUT2D eigenvalue weighted by Gasteiger charge is 2.53. The van der Waals surface area contributed by atoms with Crippen LogP contribution in [0.2, 0.25) is 0 Å². The number of rotatable bonds is 11. The molecule has 2 atom stereocenters. The van der Waals surface area contributed by atoms with Crippen LogP contribution in [0, 0.1) is 11.6 Å². The number of benzene rings is 3. The minimum Gasteiger partial charge on any atom is -0.494 e. The highest BCUT2D eigenvalue weighted by molar-refractivity contribution is 9.10. The smallest absolute Gasteiger partial charge is 0.252 e. The zero-order valence-electron chi connectivity index (χ0n) is 20.5. The number of hydrogen-bond donors (Lipinski definition) is 2. The normalized spacial score (nSPS) is 18.4. The Morgan fingerprint density at radius 2 is 1.84 bits per heavy atom. The molecule has 0 aromatic heterocycles. The van der Waals surface area contributed by atoms with E-state index in [1.165, 1.54) is 6.07 Å². The van der Waals surface area contributed by atoms with Crippen LogP contribution in [0.15, 0.2) is 88.9 Å². The summed E-state index contributed by atoms with van der Waals surface area (Å²) >= 11 is 3.55. The molecule has 198 valence electrons. The van der Waals surface area contributed by atoms with E-state index < -0.39 is 29.2 Å². The van der Waals surface area contributed by atoms with Crippen LogP contribution in [-0.4, -0.2) is 35.7 Å². The third kappa shape index (κ3) is 5.79. The van der Waals surface area contributed by atoms with Gasteiger partial charge in [0.25, 0.3) is 5.91 Å². The fourth-order valence-corrected chi connectivity index (χ4v) is 4.72. The maximum absolute atomic E-state index is 14.2. The topological polar surface area (TPSA) is 80.2 Å². The summed E-state index contributed by atoms with van der Waals surface area (Å²) in [7, 11) is 0. The van der Waals surface area contributed by atoms with Gasteiger partial charge in [0.2, 0.25) is 5.90 Å². The standard InChI is InChI=1S/C29H27BrF2N2O4/c1-2-15-29(28(36)33-18-22-24(31)9-5-10-25(22)32)26(21-7-3-4-8-23(21)30)38-27(34-29)19-11-13-20(14-12-19)37-17-6-16-35/h2-5,7-14,26,35H,1,6,15-18H2,(H,33,36)/t26-,29-/m1/s1. The Labute approximate surface area is 228 Å². The number of halogens is 3. The van der Waals surface area contributed by atoms with E-state index in [2.05, 4.69) is 27.8 Å². The van der Waals surface area contributed by atoms with Gasteiger partial charge < -0.3 is 19.9 Å². The number of nitrogens with zero attached hydrogens (tertiary/aromatic N) is 1. The zero-order chi connectivity index (χ0) is 27.1. The maximum Gasteiger partial charge on any atom is 0.252 e. The molecule has 0 bridgehead atoms. The molecule has 4 rings (SSSR count). The first-order valence-corrected chi connectivity index (χ1v) is 12.9. The molecule has 2 N–H and O–H groups in total. The average molecular weight is 585 g/mol. The van der Waals surface area contributed by atoms with Gasteiger partial charge in [0.05, 0.1) is 6.61 Å². The van der Waals surface area contributed by atoms with Gasteiger partial charge in [0.15, 0.2) is 11.6 Å². The fraction of sp³-hybridized carbons (Fsp3) is 0.241. The number of carbonyl (C=O) groups is 1. The highest BCUT2D eigenvalue weighted by Crippen LogP contribution is 2.44. The molecule has 0 spiro atoms. The SMILES string of the molecule is C=CC[C@@]1(C(=O)NCc2c(F)cccc2F)N=C(c2ccc(OCCCO)cc2)O[C@@H]1c1ccccc1Br. The molecule has 0 unspecified atom stereocenters. The Morgan fingerprint density at radius 1 is 1.13 bits per heavy atom. The first-order chi connectivity index (χ1) is 18.4. The van der Waals surface area contributed by atoms with E-state index in [0.717, 1.165) is 16.6 Å². The van der Waals surface area contributed by atoms with Crippen LogP contribution in [0.1, 0.15) is 35.6 Å². The number of amides is 1. The van der Waals surface area contributed by atoms with Crippen molar-refractivity contribution in [1.29, 1.82) is 0 Å². The number of aliphatic hydroxyl groups is 1. The van der Waals surface area contributed by atoms with E-state index in [-0.39, 0.29) is 31.0 Å². The van der Waals surface area contributed by atoms with Crippen molar-refractivity contribution < 1.29 is 28.2 Å². The molecular formula is C29H27BrF2N2O4. The first-order valence-electron chi connectivity index (χ1n) is 12.1. The highest BCUT2D eigenvalue weighted by atomic mass is 79.9. The molecule has 0 fully saturated rings. The van der Waals surface area contributed by atoms with Crippen LogP contribution in [0.25, 0.3) is 0 Å². The van der Waals surface area contributed by atoms with Crippen molar-refractivity contribution in [2.24, 2.45) is 4.99 Å². The predicted octanol–water partition coefficient (Wildman–Crippen LogP) is 5.64. The minimum atomic E-state index is -1.49. The van der Waals surface area contributed by atoms with Gasteiger partial charge in [-0.2, -0.15) is 0 Å². The summed E-state index contributed by atoms with van der Waals surface area (Å²) in [5, 5.41) is 11.6. The quantitative estimate of drug-likeness (QED) is 0.226. The van der Waals surface area contributed by atoms with E-state index >= 15 is 0 Å². The molecule has 3 aromatic carbocycles. The molecular weight excluding hydrogens is 558 g/mol. The van der Waals surface area contributed by atoms with Crippen LogP contribution in [0.4, 0.5) is 8.78 Å². The van der Waals surface area contributed by atoms with Gasteiger partial charge >= 0.3 is 0 Å². The Bertz CT molecular complexity index is 1310. The molecule has 0 saturated heterocycles. The average Bonchev–Trinajstić information content (AvgIpc) is 3.29. The van der Waals surface area contributed by atoms with Gasteiger partial charge in [-0.05, 0) is 42.5 Å². The van der Waals surface area contributed by atoms with Crippen LogP contribution >= 0.6 is 15.9 Å². The number of carbonyl (C=O) groups excluding carboxylic acids is 1. The van der Waals surface area contributed by atoms with Crippen LogP contribution in [0.3, 0.4) is 0 Å². The van der Waals surface area contributed by atoms with Gasteiger partial charge in [-0.3, -0.25) is 4.79 Å². The fourth-order valence-electron chi connectivity index (χ4n) is 4.22. The molecule has 0 saturated carbocycles.